The maximum absolute atomic E-state index is 10.9. The number of fused-ring (bicyclic) bond motifs is 1. The number of aromatic nitrogens is 4. The monoisotopic (exact) mass is 499 g/mol. The summed E-state index contributed by atoms with van der Waals surface area (Å²) in [6.45, 7) is -0.498. The second-order valence-corrected chi connectivity index (χ2v) is 8.64. The van der Waals surface area contributed by atoms with Crippen molar-refractivity contribution in [2.45, 2.75) is 31.1 Å². The number of aromatic hydroxyl groups is 2. The van der Waals surface area contributed by atoms with Crippen molar-refractivity contribution in [3.05, 3.63) is 30.4 Å². The Labute approximate surface area is 191 Å². The van der Waals surface area contributed by atoms with Gasteiger partial charge in [-0.25, -0.2) is 19.5 Å². The number of phenols is 2. The molecule has 2 aromatic heterocycles. The summed E-state index contributed by atoms with van der Waals surface area (Å²) in [5, 5.41) is 43.5. The van der Waals surface area contributed by atoms with Gasteiger partial charge in [0, 0.05) is 6.54 Å². The molecule has 1 aromatic carbocycles. The summed E-state index contributed by atoms with van der Waals surface area (Å²) >= 11 is 0. The van der Waals surface area contributed by atoms with Crippen molar-refractivity contribution in [3.63, 3.8) is 0 Å². The number of imidazole rings is 1. The van der Waals surface area contributed by atoms with E-state index in [2.05, 4.69) is 24.8 Å². The van der Waals surface area contributed by atoms with Crippen molar-refractivity contribution in [1.29, 1.82) is 0 Å². The molecule has 0 aliphatic carbocycles. The van der Waals surface area contributed by atoms with Crippen molar-refractivity contribution in [3.8, 4) is 17.2 Å². The summed E-state index contributed by atoms with van der Waals surface area (Å²) in [5.74, 6) is -0.221. The second-order valence-electron chi connectivity index (χ2n) is 7.40. The first-order valence-corrected chi connectivity index (χ1v) is 11.3. The third-order valence-electron chi connectivity index (χ3n) is 5.15. The van der Waals surface area contributed by atoms with Gasteiger partial charge in [-0.3, -0.25) is 9.09 Å². The van der Waals surface area contributed by atoms with Crippen molar-refractivity contribution in [2.24, 2.45) is 0 Å². The van der Waals surface area contributed by atoms with Crippen LogP contribution in [0.25, 0.3) is 11.2 Å². The molecule has 1 fully saturated rings. The molecule has 4 atom stereocenters. The first-order chi connectivity index (χ1) is 16.1. The zero-order valence-electron chi connectivity index (χ0n) is 17.6. The Morgan fingerprint density at radius 1 is 1.15 bits per heavy atom. The molecule has 15 nitrogen and oxygen atoms in total. The van der Waals surface area contributed by atoms with Gasteiger partial charge >= 0.3 is 7.82 Å². The van der Waals surface area contributed by atoms with E-state index in [0.717, 1.165) is 0 Å². The average Bonchev–Trinajstić information content (AvgIpc) is 3.32. The Balaban J connectivity index is 1.54. The van der Waals surface area contributed by atoms with E-state index in [0.29, 0.717) is 16.9 Å². The lowest BCUT2D eigenvalue weighted by Crippen LogP contribution is -2.33. The van der Waals surface area contributed by atoms with Crippen LogP contribution in [-0.2, 0) is 20.4 Å². The van der Waals surface area contributed by atoms with E-state index in [4.69, 9.17) is 19.3 Å². The van der Waals surface area contributed by atoms with E-state index in [1.54, 1.807) is 0 Å². The molecule has 16 heteroatoms. The number of nitrogens with zero attached hydrogens (tertiary/aromatic N) is 4. The Kier molecular flexibility index (Phi) is 6.60. The van der Waals surface area contributed by atoms with Crippen LogP contribution >= 0.6 is 7.82 Å². The number of phosphoric ester groups is 1. The minimum absolute atomic E-state index is 0.0475. The van der Waals surface area contributed by atoms with Crippen LogP contribution in [0.3, 0.4) is 0 Å². The fourth-order valence-corrected chi connectivity index (χ4v) is 3.93. The molecule has 3 aromatic rings. The van der Waals surface area contributed by atoms with E-state index < -0.39 is 39.0 Å². The van der Waals surface area contributed by atoms with Crippen LogP contribution in [-0.4, -0.2) is 81.8 Å². The van der Waals surface area contributed by atoms with Gasteiger partial charge in [0.05, 0.1) is 20.0 Å². The minimum Gasteiger partial charge on any atom is -0.504 e. The Morgan fingerprint density at radius 3 is 2.50 bits per heavy atom. The fourth-order valence-electron chi connectivity index (χ4n) is 3.59. The summed E-state index contributed by atoms with van der Waals surface area (Å²) in [5.41, 5.74) is 1.06. The molecule has 0 radical (unpaired) electrons. The molecule has 7 N–H and O–H groups in total. The summed E-state index contributed by atoms with van der Waals surface area (Å²) in [4.78, 5) is 30.2. The van der Waals surface area contributed by atoms with Gasteiger partial charge in [-0.15, -0.1) is 0 Å². The van der Waals surface area contributed by atoms with Crippen LogP contribution in [0.5, 0.6) is 17.2 Å². The number of aliphatic hydroxyl groups excluding tert-OH is 2. The largest absolute Gasteiger partial charge is 0.504 e. The normalized spacial score (nSPS) is 22.9. The minimum atomic E-state index is -4.79. The van der Waals surface area contributed by atoms with Crippen molar-refractivity contribution >= 4 is 24.8 Å². The molecule has 4 rings (SSSR count). The summed E-state index contributed by atoms with van der Waals surface area (Å²) < 4.78 is 27.1. The van der Waals surface area contributed by atoms with Gasteiger partial charge in [0.25, 0.3) is 0 Å². The van der Waals surface area contributed by atoms with Crippen LogP contribution in [0.4, 0.5) is 5.82 Å². The smallest absolute Gasteiger partial charge is 0.469 e. The Hall–Kier alpha value is -3.04. The Morgan fingerprint density at radius 2 is 1.85 bits per heavy atom. The maximum Gasteiger partial charge on any atom is 0.469 e. The van der Waals surface area contributed by atoms with Gasteiger partial charge in [0.1, 0.15) is 24.6 Å². The number of benzene rings is 1. The predicted molar refractivity (Wildman–Crippen MR) is 113 cm³/mol. The highest BCUT2D eigenvalue weighted by Crippen LogP contribution is 2.39. The topological polar surface area (TPSA) is 222 Å². The summed E-state index contributed by atoms with van der Waals surface area (Å²) in [7, 11) is -3.48. The summed E-state index contributed by atoms with van der Waals surface area (Å²) in [6.07, 6.45) is -2.77. The van der Waals surface area contributed by atoms with Gasteiger partial charge in [-0.1, -0.05) is 0 Å². The molecule has 184 valence electrons. The molecule has 0 saturated carbocycles. The maximum atomic E-state index is 10.9. The van der Waals surface area contributed by atoms with Crippen LogP contribution in [0.1, 0.15) is 11.8 Å². The van der Waals surface area contributed by atoms with Crippen LogP contribution in [0, 0.1) is 0 Å². The molecule has 0 unspecified atom stereocenters. The van der Waals surface area contributed by atoms with Gasteiger partial charge in [0.2, 0.25) is 5.75 Å². The van der Waals surface area contributed by atoms with Crippen LogP contribution < -0.4 is 10.1 Å². The fraction of sp³-hybridized carbons (Fsp3) is 0.389. The van der Waals surface area contributed by atoms with Gasteiger partial charge in [-0.2, -0.15) is 0 Å². The molecule has 1 aliphatic heterocycles. The number of phenolic OH excluding ortho intramolecular Hbond substituents is 2. The number of hydrogen-bond acceptors (Lipinski definition) is 12. The third kappa shape index (κ3) is 4.76. The Bertz CT molecular complexity index is 1210. The zero-order valence-corrected chi connectivity index (χ0v) is 18.5. The first-order valence-electron chi connectivity index (χ1n) is 9.81. The summed E-state index contributed by atoms with van der Waals surface area (Å²) in [6, 6.07) is 2.82. The van der Waals surface area contributed by atoms with Crippen molar-refractivity contribution in [2.75, 3.05) is 19.0 Å². The quantitative estimate of drug-likeness (QED) is 0.196. The van der Waals surface area contributed by atoms with Crippen molar-refractivity contribution in [1.82, 2.24) is 19.5 Å². The molecular weight excluding hydrogens is 477 g/mol. The van der Waals surface area contributed by atoms with E-state index in [1.165, 1.54) is 36.5 Å². The van der Waals surface area contributed by atoms with E-state index in [1.807, 2.05) is 0 Å². The number of ether oxygens (including phenoxy) is 2. The first kappa shape index (κ1) is 24.1. The molecule has 0 bridgehead atoms. The van der Waals surface area contributed by atoms with Gasteiger partial charge in [-0.05, 0) is 17.7 Å². The predicted octanol–water partition coefficient (Wildman–Crippen LogP) is -0.413. The highest BCUT2D eigenvalue weighted by atomic mass is 31.2. The van der Waals surface area contributed by atoms with Gasteiger partial charge < -0.3 is 45.0 Å². The third-order valence-corrected chi connectivity index (χ3v) is 5.64. The van der Waals surface area contributed by atoms with E-state index >= 15 is 0 Å². The highest BCUT2D eigenvalue weighted by molar-refractivity contribution is 7.46. The average molecular weight is 499 g/mol. The molecular formula is C18H22N5O10P. The van der Waals surface area contributed by atoms with Crippen LogP contribution in [0.15, 0.2) is 24.8 Å². The van der Waals surface area contributed by atoms with Crippen LogP contribution in [0.2, 0.25) is 0 Å². The molecule has 3 heterocycles. The molecule has 34 heavy (non-hydrogen) atoms. The number of anilines is 1. The molecule has 1 aliphatic rings. The lowest BCUT2D eigenvalue weighted by Gasteiger charge is -2.16. The molecule has 0 spiro atoms. The SMILES string of the molecule is COc1c(O)cc(CNc2ncnc3c2ncn3[C@@H]2O[C@H](COP(=O)(O)O)[C@@H](O)[C@H]2O)cc1O. The number of hydrogen-bond donors (Lipinski definition) is 7. The number of rotatable bonds is 8. The van der Waals surface area contributed by atoms with E-state index in [9.17, 15) is 25.0 Å². The zero-order chi connectivity index (χ0) is 24.6. The standard InChI is InChI=1S/C18H22N5O10P/c1-31-15-9(24)2-8(3-10(15)25)4-19-16-12-17(21-6-20-16)23(7-22-12)18-14(27)13(26)11(33-18)5-32-34(28,29)30/h2-3,6-7,11,13-14,18,24-27H,4-5H2,1H3,(H,19,20,21)(H2,28,29,30)/t11-,13-,14-,18-/m1/s1. The number of methoxy groups -OCH3 is 1. The van der Waals surface area contributed by atoms with Crippen molar-refractivity contribution < 1.29 is 48.8 Å². The number of nitrogens with one attached hydrogen (secondary N) is 1. The lowest BCUT2D eigenvalue weighted by molar-refractivity contribution is -0.0504. The van der Waals surface area contributed by atoms with Gasteiger partial charge in [0.15, 0.2) is 34.7 Å². The lowest BCUT2D eigenvalue weighted by atomic mass is 10.1. The molecule has 1 saturated heterocycles. The molecule has 0 amide bonds. The highest BCUT2D eigenvalue weighted by Gasteiger charge is 2.45. The number of aliphatic hydroxyl groups is 2. The number of phosphoric acid groups is 1. The van der Waals surface area contributed by atoms with E-state index in [-0.39, 0.29) is 29.4 Å². The second kappa shape index (κ2) is 9.31.